The standard InChI is InChI=1S/C21H16ClN5O3/c22-19-11-18(27(29)30)9-10-20(19)24-12-14-1-3-15(4-2-14)13-25-26-21(28)16-5-7-17(23)8-6-16/h1-13H,23H2,(H,26,28). The first-order chi connectivity index (χ1) is 14.4. The first-order valence-electron chi connectivity index (χ1n) is 8.69. The number of amides is 1. The second kappa shape index (κ2) is 9.44. The average Bonchev–Trinajstić information content (AvgIpc) is 2.74. The number of hydrazone groups is 1. The van der Waals surface area contributed by atoms with E-state index in [1.165, 1.54) is 24.4 Å². The van der Waals surface area contributed by atoms with E-state index in [-0.39, 0.29) is 16.6 Å². The normalized spacial score (nSPS) is 11.1. The van der Waals surface area contributed by atoms with Gasteiger partial charge in [0, 0.05) is 29.6 Å². The van der Waals surface area contributed by atoms with Crippen LogP contribution >= 0.6 is 11.6 Å². The topological polar surface area (TPSA) is 123 Å². The molecule has 0 aliphatic rings. The molecule has 0 aromatic heterocycles. The number of anilines is 1. The van der Waals surface area contributed by atoms with Crippen molar-refractivity contribution in [3.05, 3.63) is 98.6 Å². The van der Waals surface area contributed by atoms with Crippen LogP contribution in [0.15, 0.2) is 76.8 Å². The number of nitrogens with two attached hydrogens (primary N) is 1. The number of nitrogens with zero attached hydrogens (tertiary/aromatic N) is 3. The summed E-state index contributed by atoms with van der Waals surface area (Å²) in [6, 6.07) is 17.8. The first-order valence-corrected chi connectivity index (χ1v) is 9.07. The molecule has 3 aromatic rings. The number of hydrogen-bond acceptors (Lipinski definition) is 6. The molecule has 0 atom stereocenters. The van der Waals surface area contributed by atoms with Gasteiger partial charge in [0.25, 0.3) is 11.6 Å². The Hall–Kier alpha value is -4.04. The summed E-state index contributed by atoms with van der Waals surface area (Å²) >= 11 is 6.02. The highest BCUT2D eigenvalue weighted by Gasteiger charge is 2.08. The van der Waals surface area contributed by atoms with E-state index in [1.807, 2.05) is 12.1 Å². The van der Waals surface area contributed by atoms with Crippen LogP contribution in [0.25, 0.3) is 0 Å². The van der Waals surface area contributed by atoms with Crippen LogP contribution in [0, 0.1) is 10.1 Å². The number of benzene rings is 3. The van der Waals surface area contributed by atoms with Crippen LogP contribution in [0.5, 0.6) is 0 Å². The summed E-state index contributed by atoms with van der Waals surface area (Å²) in [5.41, 5.74) is 11.0. The van der Waals surface area contributed by atoms with Gasteiger partial charge in [-0.15, -0.1) is 0 Å². The molecular formula is C21H16ClN5O3. The Bertz CT molecular complexity index is 1130. The molecule has 3 aromatic carbocycles. The van der Waals surface area contributed by atoms with Gasteiger partial charge in [-0.25, -0.2) is 5.43 Å². The third kappa shape index (κ3) is 5.49. The van der Waals surface area contributed by atoms with Crippen molar-refractivity contribution in [2.75, 3.05) is 5.73 Å². The minimum absolute atomic E-state index is 0.0916. The van der Waals surface area contributed by atoms with Gasteiger partial charge in [0.2, 0.25) is 0 Å². The highest BCUT2D eigenvalue weighted by molar-refractivity contribution is 6.33. The number of aliphatic imine (C=N–C) groups is 1. The quantitative estimate of drug-likeness (QED) is 0.266. The van der Waals surface area contributed by atoms with E-state index in [0.717, 1.165) is 11.1 Å². The Morgan fingerprint density at radius 3 is 2.23 bits per heavy atom. The molecular weight excluding hydrogens is 406 g/mol. The van der Waals surface area contributed by atoms with E-state index < -0.39 is 4.92 Å². The van der Waals surface area contributed by atoms with Crippen molar-refractivity contribution < 1.29 is 9.72 Å². The average molecular weight is 422 g/mol. The van der Waals surface area contributed by atoms with Gasteiger partial charge in [-0.3, -0.25) is 19.9 Å². The number of nitro benzene ring substituents is 1. The van der Waals surface area contributed by atoms with Crippen LogP contribution in [0.4, 0.5) is 17.1 Å². The minimum atomic E-state index is -0.516. The Balaban J connectivity index is 1.60. The van der Waals surface area contributed by atoms with Crippen LogP contribution in [0.3, 0.4) is 0 Å². The summed E-state index contributed by atoms with van der Waals surface area (Å²) in [7, 11) is 0. The Morgan fingerprint density at radius 1 is 1.00 bits per heavy atom. The summed E-state index contributed by atoms with van der Waals surface area (Å²) in [4.78, 5) is 26.5. The predicted octanol–water partition coefficient (Wildman–Crippen LogP) is 4.34. The van der Waals surface area contributed by atoms with Crippen molar-refractivity contribution in [1.29, 1.82) is 0 Å². The largest absolute Gasteiger partial charge is 0.399 e. The summed E-state index contributed by atoms with van der Waals surface area (Å²) in [5.74, 6) is -0.338. The van der Waals surface area contributed by atoms with Crippen LogP contribution < -0.4 is 11.2 Å². The van der Waals surface area contributed by atoms with Gasteiger partial charge in [0.05, 0.1) is 21.8 Å². The SMILES string of the molecule is Nc1ccc(C(=O)NN=Cc2ccc(C=Nc3ccc([N+](=O)[O-])cc3Cl)cc2)cc1. The third-order valence-electron chi connectivity index (χ3n) is 3.98. The van der Waals surface area contributed by atoms with Gasteiger partial charge in [-0.2, -0.15) is 5.10 Å². The Labute approximate surface area is 176 Å². The lowest BCUT2D eigenvalue weighted by atomic mass is 10.1. The second-order valence-electron chi connectivity index (χ2n) is 6.14. The number of rotatable bonds is 6. The zero-order valence-corrected chi connectivity index (χ0v) is 16.3. The molecule has 0 saturated carbocycles. The smallest absolute Gasteiger partial charge is 0.271 e. The number of nitrogen functional groups attached to an aromatic ring is 1. The molecule has 0 aliphatic carbocycles. The summed E-state index contributed by atoms with van der Waals surface area (Å²) in [5, 5.41) is 14.9. The van der Waals surface area contributed by atoms with E-state index in [4.69, 9.17) is 17.3 Å². The van der Waals surface area contributed by atoms with Crippen molar-refractivity contribution in [2.24, 2.45) is 10.1 Å². The lowest BCUT2D eigenvalue weighted by molar-refractivity contribution is -0.384. The fraction of sp³-hybridized carbons (Fsp3) is 0. The number of carbonyl (C=O) groups is 1. The fourth-order valence-electron chi connectivity index (χ4n) is 2.39. The molecule has 0 aliphatic heterocycles. The van der Waals surface area contributed by atoms with Crippen LogP contribution in [-0.2, 0) is 0 Å². The molecule has 3 rings (SSSR count). The van der Waals surface area contributed by atoms with Crippen molar-refractivity contribution >= 4 is 47.0 Å². The summed E-state index contributed by atoms with van der Waals surface area (Å²) < 4.78 is 0. The highest BCUT2D eigenvalue weighted by Crippen LogP contribution is 2.28. The lowest BCUT2D eigenvalue weighted by Crippen LogP contribution is -2.17. The van der Waals surface area contributed by atoms with Crippen molar-refractivity contribution in [3.8, 4) is 0 Å². The van der Waals surface area contributed by atoms with Crippen LogP contribution in [0.2, 0.25) is 5.02 Å². The molecule has 0 fully saturated rings. The molecule has 0 saturated heterocycles. The summed E-state index contributed by atoms with van der Waals surface area (Å²) in [6.07, 6.45) is 3.11. The van der Waals surface area contributed by atoms with E-state index in [9.17, 15) is 14.9 Å². The molecule has 150 valence electrons. The van der Waals surface area contributed by atoms with Gasteiger partial charge in [-0.1, -0.05) is 35.9 Å². The number of nitrogens with one attached hydrogen (secondary N) is 1. The summed E-state index contributed by atoms with van der Waals surface area (Å²) in [6.45, 7) is 0. The van der Waals surface area contributed by atoms with E-state index in [2.05, 4.69) is 15.5 Å². The first kappa shape index (κ1) is 20.7. The number of carbonyl (C=O) groups excluding carboxylic acids is 1. The maximum absolute atomic E-state index is 12.0. The maximum Gasteiger partial charge on any atom is 0.271 e. The fourth-order valence-corrected chi connectivity index (χ4v) is 2.61. The minimum Gasteiger partial charge on any atom is -0.399 e. The number of non-ortho nitro benzene ring substituents is 1. The molecule has 8 nitrogen and oxygen atoms in total. The highest BCUT2D eigenvalue weighted by atomic mass is 35.5. The molecule has 1 amide bonds. The maximum atomic E-state index is 12.0. The number of hydrogen-bond donors (Lipinski definition) is 2. The van der Waals surface area contributed by atoms with Crippen LogP contribution in [0.1, 0.15) is 21.5 Å². The predicted molar refractivity (Wildman–Crippen MR) is 118 cm³/mol. The van der Waals surface area contributed by atoms with E-state index in [0.29, 0.717) is 16.9 Å². The van der Waals surface area contributed by atoms with Gasteiger partial charge in [0.1, 0.15) is 0 Å². The molecule has 0 bridgehead atoms. The van der Waals surface area contributed by atoms with E-state index >= 15 is 0 Å². The molecule has 9 heteroatoms. The van der Waals surface area contributed by atoms with Gasteiger partial charge >= 0.3 is 0 Å². The molecule has 0 spiro atoms. The third-order valence-corrected chi connectivity index (χ3v) is 4.29. The molecule has 0 unspecified atom stereocenters. The van der Waals surface area contributed by atoms with Crippen molar-refractivity contribution in [3.63, 3.8) is 0 Å². The van der Waals surface area contributed by atoms with Crippen molar-refractivity contribution in [2.45, 2.75) is 0 Å². The molecule has 3 N–H and O–H groups in total. The zero-order chi connectivity index (χ0) is 21.5. The Kier molecular flexibility index (Phi) is 6.51. The number of nitro groups is 1. The monoisotopic (exact) mass is 421 g/mol. The van der Waals surface area contributed by atoms with Gasteiger partial charge in [-0.05, 0) is 41.5 Å². The van der Waals surface area contributed by atoms with Crippen molar-refractivity contribution in [1.82, 2.24) is 5.43 Å². The zero-order valence-electron chi connectivity index (χ0n) is 15.5. The van der Waals surface area contributed by atoms with Crippen LogP contribution in [-0.4, -0.2) is 23.3 Å². The molecule has 0 heterocycles. The molecule has 0 radical (unpaired) electrons. The Morgan fingerprint density at radius 2 is 1.63 bits per heavy atom. The second-order valence-corrected chi connectivity index (χ2v) is 6.55. The van der Waals surface area contributed by atoms with Gasteiger partial charge in [0.15, 0.2) is 0 Å². The lowest BCUT2D eigenvalue weighted by Gasteiger charge is -2.01. The molecule has 30 heavy (non-hydrogen) atoms. The van der Waals surface area contributed by atoms with Gasteiger partial charge < -0.3 is 5.73 Å². The number of halogens is 1. The van der Waals surface area contributed by atoms with E-state index in [1.54, 1.807) is 42.6 Å².